The van der Waals surface area contributed by atoms with E-state index < -0.39 is 6.36 Å². The van der Waals surface area contributed by atoms with Gasteiger partial charge in [-0.25, -0.2) is 0 Å². The van der Waals surface area contributed by atoms with Crippen LogP contribution in [0.25, 0.3) is 0 Å². The average molecular weight is 447 g/mol. The maximum absolute atomic E-state index is 12.2. The summed E-state index contributed by atoms with van der Waals surface area (Å²) in [6, 6.07) is 5.68. The number of hydrogen-bond donors (Lipinski definition) is 0. The van der Waals surface area contributed by atoms with Crippen LogP contribution in [0.4, 0.5) is 13.2 Å². The number of allylic oxidation sites excluding steroid dienone is 2. The van der Waals surface area contributed by atoms with Crippen LogP contribution in [-0.4, -0.2) is 6.36 Å². The fourth-order valence-electron chi connectivity index (χ4n) is 5.49. The number of benzene rings is 1. The molecular formula is C28H37F3O. The minimum Gasteiger partial charge on any atom is -0.406 e. The Morgan fingerprint density at radius 3 is 2.12 bits per heavy atom. The van der Waals surface area contributed by atoms with Crippen molar-refractivity contribution in [3.63, 3.8) is 0 Å². The Hall–Kier alpha value is -1.89. The van der Waals surface area contributed by atoms with E-state index in [1.807, 2.05) is 6.08 Å². The van der Waals surface area contributed by atoms with Gasteiger partial charge in [0.15, 0.2) is 0 Å². The lowest BCUT2D eigenvalue weighted by atomic mass is 9.68. The van der Waals surface area contributed by atoms with Crippen molar-refractivity contribution >= 4 is 0 Å². The number of alkyl halides is 3. The lowest BCUT2D eigenvalue weighted by molar-refractivity contribution is -0.274. The van der Waals surface area contributed by atoms with Crippen LogP contribution in [-0.2, 0) is 0 Å². The van der Waals surface area contributed by atoms with E-state index in [0.717, 1.165) is 17.8 Å². The molecule has 1 aromatic rings. The van der Waals surface area contributed by atoms with Gasteiger partial charge in [-0.1, -0.05) is 63.4 Å². The number of rotatable bonds is 7. The topological polar surface area (TPSA) is 9.23 Å². The van der Waals surface area contributed by atoms with Crippen LogP contribution in [0.3, 0.4) is 0 Å². The normalized spacial score (nSPS) is 26.5. The smallest absolute Gasteiger partial charge is 0.406 e. The summed E-state index contributed by atoms with van der Waals surface area (Å²) < 4.78 is 40.5. The molecule has 0 heterocycles. The fourth-order valence-corrected chi connectivity index (χ4v) is 5.49. The van der Waals surface area contributed by atoms with Crippen molar-refractivity contribution in [3.8, 4) is 17.6 Å². The molecule has 0 aliphatic heterocycles. The maximum Gasteiger partial charge on any atom is 0.573 e. The van der Waals surface area contributed by atoms with Crippen LogP contribution in [0.2, 0.25) is 0 Å². The number of ether oxygens (including phenoxy) is 1. The van der Waals surface area contributed by atoms with Gasteiger partial charge in [-0.2, -0.15) is 0 Å². The van der Waals surface area contributed by atoms with Gasteiger partial charge in [0.2, 0.25) is 0 Å². The zero-order valence-electron chi connectivity index (χ0n) is 19.3. The Kier molecular flexibility index (Phi) is 9.57. The molecule has 2 aliphatic rings. The molecule has 0 atom stereocenters. The lowest BCUT2D eigenvalue weighted by Crippen LogP contribution is -2.25. The first-order valence-electron chi connectivity index (χ1n) is 12.5. The number of unbranched alkanes of at least 4 members (excludes halogenated alkanes) is 2. The van der Waals surface area contributed by atoms with Crippen LogP contribution in [0.15, 0.2) is 36.4 Å². The highest BCUT2D eigenvalue weighted by Gasteiger charge is 2.31. The van der Waals surface area contributed by atoms with Gasteiger partial charge in [0, 0.05) is 5.56 Å². The molecule has 0 spiro atoms. The molecule has 1 aromatic carbocycles. The van der Waals surface area contributed by atoms with Crippen LogP contribution in [0.5, 0.6) is 5.75 Å². The Bertz CT molecular complexity index is 753. The molecule has 2 saturated carbocycles. The minimum absolute atomic E-state index is 0.222. The first-order valence-corrected chi connectivity index (χ1v) is 12.5. The molecule has 176 valence electrons. The van der Waals surface area contributed by atoms with E-state index in [0.29, 0.717) is 11.5 Å². The zero-order valence-corrected chi connectivity index (χ0v) is 19.3. The van der Waals surface area contributed by atoms with Crippen molar-refractivity contribution in [2.75, 3.05) is 0 Å². The summed E-state index contributed by atoms with van der Waals surface area (Å²) in [5.74, 6) is 9.25. The van der Waals surface area contributed by atoms with E-state index in [4.69, 9.17) is 0 Å². The molecular weight excluding hydrogens is 409 g/mol. The molecule has 4 heteroatoms. The van der Waals surface area contributed by atoms with Crippen LogP contribution >= 0.6 is 0 Å². The third-order valence-electron chi connectivity index (χ3n) is 7.35. The quantitative estimate of drug-likeness (QED) is 0.301. The summed E-state index contributed by atoms with van der Waals surface area (Å²) >= 11 is 0. The first kappa shape index (κ1) is 24.7. The van der Waals surface area contributed by atoms with Crippen molar-refractivity contribution in [2.45, 2.75) is 90.3 Å². The number of halogens is 3. The summed E-state index contributed by atoms with van der Waals surface area (Å²) in [4.78, 5) is 0. The Morgan fingerprint density at radius 2 is 1.53 bits per heavy atom. The fraction of sp³-hybridized carbons (Fsp3) is 0.643. The second-order valence-electron chi connectivity index (χ2n) is 9.65. The predicted octanol–water partition coefficient (Wildman–Crippen LogP) is 8.69. The highest BCUT2D eigenvalue weighted by atomic mass is 19.4. The standard InChI is InChI=1S/C28H37F3O/c1-2-3-4-7-22-10-16-25(17-11-22)26-18-12-23(13-19-26)8-5-6-9-24-14-20-27(21-15-24)32-28(29,30)31/h5,8,14-15,20-23,25-26H,2-4,7,10-13,16-19H2,1H3/b8-5+. The molecule has 2 aliphatic carbocycles. The first-order chi connectivity index (χ1) is 15.4. The second kappa shape index (κ2) is 12.4. The zero-order chi connectivity index (χ0) is 22.8. The van der Waals surface area contributed by atoms with Gasteiger partial charge < -0.3 is 4.74 Å². The molecule has 0 radical (unpaired) electrons. The predicted molar refractivity (Wildman–Crippen MR) is 124 cm³/mol. The van der Waals surface area contributed by atoms with E-state index in [1.165, 1.54) is 89.2 Å². The summed E-state index contributed by atoms with van der Waals surface area (Å²) in [6.07, 6.45) is 16.0. The summed E-state index contributed by atoms with van der Waals surface area (Å²) in [5, 5.41) is 0. The Labute approximate surface area is 191 Å². The highest BCUT2D eigenvalue weighted by molar-refractivity contribution is 5.40. The van der Waals surface area contributed by atoms with Crippen molar-refractivity contribution in [1.82, 2.24) is 0 Å². The van der Waals surface area contributed by atoms with E-state index in [2.05, 4.69) is 29.6 Å². The third-order valence-corrected chi connectivity index (χ3v) is 7.35. The van der Waals surface area contributed by atoms with Crippen LogP contribution in [0, 0.1) is 35.5 Å². The largest absolute Gasteiger partial charge is 0.573 e. The average Bonchev–Trinajstić information content (AvgIpc) is 2.78. The van der Waals surface area contributed by atoms with Crippen LogP contribution in [0.1, 0.15) is 89.5 Å². The second-order valence-corrected chi connectivity index (χ2v) is 9.65. The summed E-state index contributed by atoms with van der Waals surface area (Å²) in [6.45, 7) is 2.29. The maximum atomic E-state index is 12.2. The van der Waals surface area contributed by atoms with Gasteiger partial charge >= 0.3 is 6.36 Å². The monoisotopic (exact) mass is 446 g/mol. The van der Waals surface area contributed by atoms with Gasteiger partial charge in [-0.3, -0.25) is 0 Å². The Morgan fingerprint density at radius 1 is 0.906 bits per heavy atom. The Balaban J connectivity index is 1.36. The third kappa shape index (κ3) is 8.57. The van der Waals surface area contributed by atoms with E-state index >= 15 is 0 Å². The van der Waals surface area contributed by atoms with E-state index in [1.54, 1.807) is 12.1 Å². The van der Waals surface area contributed by atoms with Crippen molar-refractivity contribution in [1.29, 1.82) is 0 Å². The lowest BCUT2D eigenvalue weighted by Gasteiger charge is -2.37. The molecule has 0 aromatic heterocycles. The summed E-state index contributed by atoms with van der Waals surface area (Å²) in [7, 11) is 0. The molecule has 3 rings (SSSR count). The van der Waals surface area contributed by atoms with E-state index in [9.17, 15) is 13.2 Å². The van der Waals surface area contributed by atoms with Gasteiger partial charge in [-0.15, -0.1) is 13.2 Å². The van der Waals surface area contributed by atoms with Crippen molar-refractivity contribution in [2.24, 2.45) is 23.7 Å². The minimum atomic E-state index is -4.66. The van der Waals surface area contributed by atoms with Gasteiger partial charge in [-0.05, 0) is 92.5 Å². The van der Waals surface area contributed by atoms with Gasteiger partial charge in [0.05, 0.1) is 0 Å². The molecule has 0 saturated heterocycles. The molecule has 0 N–H and O–H groups in total. The van der Waals surface area contributed by atoms with Crippen molar-refractivity contribution < 1.29 is 17.9 Å². The number of hydrogen-bond acceptors (Lipinski definition) is 1. The molecule has 1 nitrogen and oxygen atoms in total. The molecule has 0 amide bonds. The molecule has 0 bridgehead atoms. The molecule has 2 fully saturated rings. The van der Waals surface area contributed by atoms with Crippen LogP contribution < -0.4 is 4.74 Å². The molecule has 32 heavy (non-hydrogen) atoms. The summed E-state index contributed by atoms with van der Waals surface area (Å²) in [5.41, 5.74) is 0.679. The highest BCUT2D eigenvalue weighted by Crippen LogP contribution is 2.42. The van der Waals surface area contributed by atoms with Gasteiger partial charge in [0.25, 0.3) is 0 Å². The molecule has 0 unspecified atom stereocenters. The van der Waals surface area contributed by atoms with Gasteiger partial charge in [0.1, 0.15) is 5.75 Å². The van der Waals surface area contributed by atoms with E-state index in [-0.39, 0.29) is 5.75 Å². The van der Waals surface area contributed by atoms with Crippen molar-refractivity contribution in [3.05, 3.63) is 42.0 Å². The SMILES string of the molecule is CCCCCC1CCC(C2CCC(/C=C/C#Cc3ccc(OC(F)(F)F)cc3)CC2)CC1.